The molecule has 0 unspecified atom stereocenters. The number of nitrogens with one attached hydrogen (secondary N) is 1. The van der Waals surface area contributed by atoms with Gasteiger partial charge in [0.15, 0.2) is 16.8 Å². The van der Waals surface area contributed by atoms with Gasteiger partial charge in [0.05, 0.1) is 15.0 Å². The summed E-state index contributed by atoms with van der Waals surface area (Å²) in [5.41, 5.74) is 2.13. The summed E-state index contributed by atoms with van der Waals surface area (Å²) in [6, 6.07) is 12.1. The van der Waals surface area contributed by atoms with Gasteiger partial charge in [0, 0.05) is 28.7 Å². The molecule has 1 fully saturated rings. The molecule has 0 atom stereocenters. The molecule has 8 heteroatoms. The van der Waals surface area contributed by atoms with Crippen molar-refractivity contribution in [2.24, 2.45) is 0 Å². The number of thioether (sulfide) groups is 1. The Balaban J connectivity index is 1.45. The van der Waals surface area contributed by atoms with Crippen LogP contribution in [0.25, 0.3) is 22.3 Å². The average Bonchev–Trinajstić information content (AvgIpc) is 3.09. The molecule has 1 aromatic carbocycles. The molecule has 5 rings (SSSR count). The normalized spacial score (nSPS) is 14.1. The van der Waals surface area contributed by atoms with Gasteiger partial charge in [-0.1, -0.05) is 41.6 Å². The summed E-state index contributed by atoms with van der Waals surface area (Å²) >= 11 is 8.69. The van der Waals surface area contributed by atoms with Crippen LogP contribution in [0.5, 0.6) is 0 Å². The highest BCUT2D eigenvalue weighted by Crippen LogP contribution is 2.42. The van der Waals surface area contributed by atoms with Crippen LogP contribution >= 0.6 is 34.7 Å². The topological polar surface area (TPSA) is 63.6 Å². The van der Waals surface area contributed by atoms with Crippen molar-refractivity contribution >= 4 is 51.4 Å². The van der Waals surface area contributed by atoms with Crippen molar-refractivity contribution in [2.75, 3.05) is 5.75 Å². The van der Waals surface area contributed by atoms with E-state index in [1.165, 1.54) is 23.1 Å². The van der Waals surface area contributed by atoms with Gasteiger partial charge < -0.3 is 4.98 Å². The lowest BCUT2D eigenvalue weighted by atomic mass is 10.1. The number of halogens is 1. The van der Waals surface area contributed by atoms with E-state index in [1.807, 2.05) is 18.3 Å². The molecular weight excluding hydrogens is 400 g/mol. The van der Waals surface area contributed by atoms with Crippen molar-refractivity contribution in [1.29, 1.82) is 0 Å². The number of ketones is 1. The van der Waals surface area contributed by atoms with Crippen molar-refractivity contribution in [3.8, 4) is 11.4 Å². The van der Waals surface area contributed by atoms with E-state index >= 15 is 0 Å². The van der Waals surface area contributed by atoms with Crippen LogP contribution in [0, 0.1) is 0 Å². The van der Waals surface area contributed by atoms with Gasteiger partial charge >= 0.3 is 0 Å². The summed E-state index contributed by atoms with van der Waals surface area (Å²) in [5.74, 6) is 1.26. The molecule has 0 radical (unpaired) electrons. The lowest BCUT2D eigenvalue weighted by molar-refractivity contribution is 0.102. The second-order valence-corrected chi connectivity index (χ2v) is 9.13. The van der Waals surface area contributed by atoms with Gasteiger partial charge in [-0.15, -0.1) is 21.5 Å². The lowest BCUT2D eigenvalue weighted by Crippen LogP contribution is -2.03. The Hall–Kier alpha value is -2.09. The van der Waals surface area contributed by atoms with E-state index < -0.39 is 0 Å². The Kier molecular flexibility index (Phi) is 4.30. The minimum atomic E-state index is 0.0656. The number of benzene rings is 1. The van der Waals surface area contributed by atoms with Crippen LogP contribution in [0.4, 0.5) is 0 Å². The van der Waals surface area contributed by atoms with E-state index in [4.69, 9.17) is 11.6 Å². The third kappa shape index (κ3) is 3.20. The SMILES string of the molecule is O=C(CSc1nnc(-c2c[nH]c3ccccc23)n1C1CC1)c1ccc(Cl)s1. The molecule has 0 spiro atoms. The third-order valence-electron chi connectivity index (χ3n) is 4.59. The quantitative estimate of drug-likeness (QED) is 0.336. The summed E-state index contributed by atoms with van der Waals surface area (Å²) in [6.07, 6.45) is 4.23. The first-order chi connectivity index (χ1) is 13.2. The number of nitrogens with zero attached hydrogens (tertiary/aromatic N) is 3. The molecule has 0 bridgehead atoms. The zero-order valence-electron chi connectivity index (χ0n) is 14.2. The van der Waals surface area contributed by atoms with Crippen LogP contribution < -0.4 is 0 Å². The van der Waals surface area contributed by atoms with Crippen LogP contribution in [0.2, 0.25) is 4.34 Å². The minimum Gasteiger partial charge on any atom is -0.360 e. The highest BCUT2D eigenvalue weighted by molar-refractivity contribution is 7.99. The van der Waals surface area contributed by atoms with Crippen LogP contribution in [0.3, 0.4) is 0 Å². The average molecular weight is 415 g/mol. The maximum atomic E-state index is 12.4. The molecule has 0 saturated heterocycles. The van der Waals surface area contributed by atoms with E-state index in [0.29, 0.717) is 21.0 Å². The Morgan fingerprint density at radius 2 is 2.11 bits per heavy atom. The van der Waals surface area contributed by atoms with Crippen molar-refractivity contribution in [3.05, 3.63) is 51.8 Å². The zero-order valence-corrected chi connectivity index (χ0v) is 16.6. The predicted octanol–water partition coefficient (Wildman–Crippen LogP) is 5.45. The predicted molar refractivity (Wildman–Crippen MR) is 110 cm³/mol. The van der Waals surface area contributed by atoms with Crippen molar-refractivity contribution < 1.29 is 4.79 Å². The molecule has 136 valence electrons. The highest BCUT2D eigenvalue weighted by Gasteiger charge is 2.31. The minimum absolute atomic E-state index is 0.0656. The first-order valence-electron chi connectivity index (χ1n) is 8.63. The number of Topliss-reactive ketones (excluding diaryl/α,β-unsaturated/α-hetero) is 1. The van der Waals surface area contributed by atoms with E-state index in [2.05, 4.69) is 31.9 Å². The standard InChI is InChI=1S/C19H15ClN4OS2/c20-17-8-7-16(27-17)15(25)10-26-19-23-22-18(24(19)11-5-6-11)13-9-21-14-4-2-1-3-12(13)14/h1-4,7-9,11,21H,5-6,10H2. The van der Waals surface area contributed by atoms with E-state index in [9.17, 15) is 4.79 Å². The molecular formula is C19H15ClN4OS2. The maximum absolute atomic E-state index is 12.4. The summed E-state index contributed by atoms with van der Waals surface area (Å²) in [7, 11) is 0. The Labute approximate surface area is 168 Å². The first-order valence-corrected chi connectivity index (χ1v) is 10.8. The Morgan fingerprint density at radius 3 is 2.89 bits per heavy atom. The molecule has 1 aliphatic carbocycles. The monoisotopic (exact) mass is 414 g/mol. The zero-order chi connectivity index (χ0) is 18.4. The molecule has 5 nitrogen and oxygen atoms in total. The number of aromatic nitrogens is 4. The van der Waals surface area contributed by atoms with Gasteiger partial charge in [0.1, 0.15) is 0 Å². The molecule has 0 amide bonds. The number of rotatable bonds is 6. The van der Waals surface area contributed by atoms with Gasteiger partial charge in [-0.2, -0.15) is 0 Å². The number of H-pyrrole nitrogens is 1. The molecule has 0 aliphatic heterocycles. The van der Waals surface area contributed by atoms with E-state index in [1.54, 1.807) is 12.1 Å². The summed E-state index contributed by atoms with van der Waals surface area (Å²) < 4.78 is 2.82. The number of para-hydroxylation sites is 1. The second kappa shape index (κ2) is 6.82. The van der Waals surface area contributed by atoms with Crippen LogP contribution in [0.15, 0.2) is 47.8 Å². The van der Waals surface area contributed by atoms with E-state index in [0.717, 1.165) is 40.3 Å². The number of aromatic amines is 1. The fraction of sp³-hybridized carbons (Fsp3) is 0.211. The third-order valence-corrected chi connectivity index (χ3v) is 6.80. The smallest absolute Gasteiger partial charge is 0.192 e. The van der Waals surface area contributed by atoms with Crippen molar-refractivity contribution in [3.63, 3.8) is 0 Å². The fourth-order valence-electron chi connectivity index (χ4n) is 3.14. The van der Waals surface area contributed by atoms with Gasteiger partial charge in [0.25, 0.3) is 0 Å². The number of hydrogen-bond donors (Lipinski definition) is 1. The molecule has 27 heavy (non-hydrogen) atoms. The number of carbonyl (C=O) groups excluding carboxylic acids is 1. The van der Waals surface area contributed by atoms with Crippen LogP contribution in [0.1, 0.15) is 28.6 Å². The van der Waals surface area contributed by atoms with Crippen LogP contribution in [-0.2, 0) is 0 Å². The Morgan fingerprint density at radius 1 is 1.26 bits per heavy atom. The van der Waals surface area contributed by atoms with Crippen LogP contribution in [-0.4, -0.2) is 31.3 Å². The molecule has 4 aromatic rings. The lowest BCUT2D eigenvalue weighted by Gasteiger charge is -2.08. The molecule has 1 aliphatic rings. The molecule has 3 heterocycles. The molecule has 1 saturated carbocycles. The number of carbonyl (C=O) groups is 1. The number of fused-ring (bicyclic) bond motifs is 1. The largest absolute Gasteiger partial charge is 0.360 e. The van der Waals surface area contributed by atoms with Gasteiger partial charge in [-0.25, -0.2) is 0 Å². The summed E-state index contributed by atoms with van der Waals surface area (Å²) in [4.78, 5) is 16.4. The fourth-order valence-corrected chi connectivity index (χ4v) is 5.10. The summed E-state index contributed by atoms with van der Waals surface area (Å²) in [6.45, 7) is 0. The number of thiophene rings is 1. The van der Waals surface area contributed by atoms with E-state index in [-0.39, 0.29) is 5.78 Å². The Bertz CT molecular complexity index is 1140. The maximum Gasteiger partial charge on any atom is 0.192 e. The highest BCUT2D eigenvalue weighted by atomic mass is 35.5. The van der Waals surface area contributed by atoms with Crippen molar-refractivity contribution in [2.45, 2.75) is 24.0 Å². The van der Waals surface area contributed by atoms with Gasteiger partial charge in [0.2, 0.25) is 0 Å². The molecule has 1 N–H and O–H groups in total. The molecule has 3 aromatic heterocycles. The second-order valence-electron chi connectivity index (χ2n) is 6.47. The van der Waals surface area contributed by atoms with Crippen molar-refractivity contribution in [1.82, 2.24) is 19.7 Å². The van der Waals surface area contributed by atoms with Gasteiger partial charge in [-0.3, -0.25) is 9.36 Å². The number of hydrogen-bond acceptors (Lipinski definition) is 5. The summed E-state index contributed by atoms with van der Waals surface area (Å²) in [5, 5.41) is 10.8. The first kappa shape index (κ1) is 17.0. The van der Waals surface area contributed by atoms with Gasteiger partial charge in [-0.05, 0) is 31.0 Å².